The molecular formula is C16H11Cl2N3O2. The summed E-state index contributed by atoms with van der Waals surface area (Å²) < 4.78 is 5.10. The third-order valence-corrected chi connectivity index (χ3v) is 3.62. The highest BCUT2D eigenvalue weighted by Gasteiger charge is 2.12. The minimum atomic E-state index is -0.621. The Hall–Kier alpha value is -2.50. The van der Waals surface area contributed by atoms with E-state index in [9.17, 15) is 4.79 Å². The van der Waals surface area contributed by atoms with Crippen LogP contribution in [0, 0.1) is 0 Å². The number of rotatable bonds is 3. The average molecular weight is 348 g/mol. The van der Waals surface area contributed by atoms with Gasteiger partial charge in [0.1, 0.15) is 0 Å². The molecule has 0 saturated carbocycles. The third kappa shape index (κ3) is 3.64. The molecule has 1 amide bonds. The summed E-state index contributed by atoms with van der Waals surface area (Å²) in [6, 6.07) is 12.5. The fraction of sp³-hybridized carbons (Fsp3) is 0. The van der Waals surface area contributed by atoms with Crippen LogP contribution in [-0.4, -0.2) is 16.3 Å². The van der Waals surface area contributed by atoms with Crippen molar-refractivity contribution in [3.63, 3.8) is 0 Å². The maximum Gasteiger partial charge on any atom is 0.417 e. The molecule has 0 aliphatic rings. The van der Waals surface area contributed by atoms with Gasteiger partial charge in [-0.15, -0.1) is 0 Å². The zero-order valence-electron chi connectivity index (χ0n) is 11.7. The molecular weight excluding hydrogens is 337 g/mol. The molecule has 3 aromatic rings. The van der Waals surface area contributed by atoms with Crippen LogP contribution in [0.1, 0.15) is 0 Å². The van der Waals surface area contributed by atoms with E-state index in [0.29, 0.717) is 21.5 Å². The summed E-state index contributed by atoms with van der Waals surface area (Å²) in [6.45, 7) is 0. The van der Waals surface area contributed by atoms with Gasteiger partial charge in [-0.2, -0.15) is 5.10 Å². The highest BCUT2D eigenvalue weighted by Crippen LogP contribution is 2.34. The van der Waals surface area contributed by atoms with E-state index in [4.69, 9.17) is 27.9 Å². The zero-order valence-corrected chi connectivity index (χ0v) is 13.2. The normalized spacial score (nSPS) is 10.3. The molecule has 1 aromatic heterocycles. The molecule has 0 bridgehead atoms. The number of H-pyrrole nitrogens is 1. The number of nitrogens with zero attached hydrogens (tertiary/aromatic N) is 1. The summed E-state index contributed by atoms with van der Waals surface area (Å²) in [5.41, 5.74) is 2.10. The van der Waals surface area contributed by atoms with Crippen molar-refractivity contribution in [2.75, 3.05) is 5.32 Å². The van der Waals surface area contributed by atoms with Crippen molar-refractivity contribution in [1.82, 2.24) is 10.2 Å². The monoisotopic (exact) mass is 347 g/mol. The number of carbonyl (C=O) groups excluding carboxylic acids is 1. The van der Waals surface area contributed by atoms with Gasteiger partial charge in [0, 0.05) is 21.2 Å². The van der Waals surface area contributed by atoms with E-state index in [1.165, 1.54) is 12.4 Å². The van der Waals surface area contributed by atoms with Crippen LogP contribution in [0.25, 0.3) is 11.1 Å². The van der Waals surface area contributed by atoms with E-state index >= 15 is 0 Å². The topological polar surface area (TPSA) is 67.0 Å². The summed E-state index contributed by atoms with van der Waals surface area (Å²) in [5.74, 6) is 0.324. The molecule has 2 N–H and O–H groups in total. The lowest BCUT2D eigenvalue weighted by molar-refractivity contribution is 0.215. The van der Waals surface area contributed by atoms with Crippen LogP contribution in [0.5, 0.6) is 5.75 Å². The molecule has 0 aliphatic heterocycles. The van der Waals surface area contributed by atoms with E-state index < -0.39 is 6.09 Å². The second-order valence-electron chi connectivity index (χ2n) is 4.62. The number of anilines is 1. The number of aromatic nitrogens is 2. The number of carbonyl (C=O) groups is 1. The quantitative estimate of drug-likeness (QED) is 0.700. The molecule has 7 heteroatoms. The van der Waals surface area contributed by atoms with Gasteiger partial charge in [0.05, 0.1) is 18.1 Å². The predicted molar refractivity (Wildman–Crippen MR) is 90.1 cm³/mol. The Balaban J connectivity index is 1.87. The smallest absolute Gasteiger partial charge is 0.407 e. The summed E-state index contributed by atoms with van der Waals surface area (Å²) in [7, 11) is 0. The zero-order chi connectivity index (χ0) is 16.2. The number of nitrogens with one attached hydrogen (secondary N) is 2. The summed E-state index contributed by atoms with van der Waals surface area (Å²) in [5, 5.41) is 10.0. The highest BCUT2D eigenvalue weighted by atomic mass is 35.5. The van der Waals surface area contributed by atoms with Crippen molar-refractivity contribution in [2.24, 2.45) is 0 Å². The second-order valence-corrected chi connectivity index (χ2v) is 5.46. The third-order valence-electron chi connectivity index (χ3n) is 3.07. The molecule has 1 heterocycles. The first kappa shape index (κ1) is 15.4. The van der Waals surface area contributed by atoms with Crippen molar-refractivity contribution < 1.29 is 9.53 Å². The molecule has 23 heavy (non-hydrogen) atoms. The van der Waals surface area contributed by atoms with E-state index in [1.54, 1.807) is 30.3 Å². The van der Waals surface area contributed by atoms with Crippen LogP contribution in [0.15, 0.2) is 54.9 Å². The molecule has 3 rings (SSSR count). The van der Waals surface area contributed by atoms with Gasteiger partial charge in [-0.3, -0.25) is 10.4 Å². The summed E-state index contributed by atoms with van der Waals surface area (Å²) >= 11 is 12.2. The number of hydrogen-bond acceptors (Lipinski definition) is 3. The van der Waals surface area contributed by atoms with Gasteiger partial charge in [0.2, 0.25) is 0 Å². The molecule has 116 valence electrons. The second kappa shape index (κ2) is 6.73. The van der Waals surface area contributed by atoms with Gasteiger partial charge >= 0.3 is 6.09 Å². The van der Waals surface area contributed by atoms with Crippen molar-refractivity contribution >= 4 is 35.0 Å². The van der Waals surface area contributed by atoms with Crippen molar-refractivity contribution in [1.29, 1.82) is 0 Å². The lowest BCUT2D eigenvalue weighted by Crippen LogP contribution is -2.17. The number of aromatic amines is 1. The standard InChI is InChI=1S/C16H11Cl2N3O2/c17-10-5-6-12(14(18)7-10)13-3-1-2-4-15(13)21-16(22)23-11-8-19-20-9-11/h1-9H,(H,19,20)(H,21,22). The van der Waals surface area contributed by atoms with Gasteiger partial charge in [0.15, 0.2) is 5.75 Å². The van der Waals surface area contributed by atoms with Crippen molar-refractivity contribution in [3.05, 3.63) is 64.9 Å². The Kier molecular flexibility index (Phi) is 4.50. The van der Waals surface area contributed by atoms with Crippen LogP contribution in [-0.2, 0) is 0 Å². The maximum absolute atomic E-state index is 12.0. The Morgan fingerprint density at radius 3 is 2.70 bits per heavy atom. The van der Waals surface area contributed by atoms with E-state index in [0.717, 1.165) is 11.1 Å². The summed E-state index contributed by atoms with van der Waals surface area (Å²) in [4.78, 5) is 12.0. The Labute approximate surface area is 142 Å². The van der Waals surface area contributed by atoms with Gasteiger partial charge in [-0.05, 0) is 18.2 Å². The molecule has 0 aliphatic carbocycles. The molecule has 0 atom stereocenters. The molecule has 0 unspecified atom stereocenters. The van der Waals surface area contributed by atoms with Crippen LogP contribution >= 0.6 is 23.2 Å². The number of amides is 1. The molecule has 0 spiro atoms. The molecule has 0 radical (unpaired) electrons. The van der Waals surface area contributed by atoms with E-state index in [2.05, 4.69) is 15.5 Å². The Morgan fingerprint density at radius 2 is 1.96 bits per heavy atom. The number of benzene rings is 2. The molecule has 2 aromatic carbocycles. The van der Waals surface area contributed by atoms with E-state index in [1.807, 2.05) is 12.1 Å². The minimum Gasteiger partial charge on any atom is -0.407 e. The van der Waals surface area contributed by atoms with Gasteiger partial charge in [-0.25, -0.2) is 4.79 Å². The van der Waals surface area contributed by atoms with Gasteiger partial charge in [-0.1, -0.05) is 47.5 Å². The fourth-order valence-corrected chi connectivity index (χ4v) is 2.58. The SMILES string of the molecule is O=C(Nc1ccccc1-c1ccc(Cl)cc1Cl)Oc1cn[nH]c1. The number of ether oxygens (including phenoxy) is 1. The molecule has 0 fully saturated rings. The first-order valence-corrected chi connectivity index (χ1v) is 7.41. The van der Waals surface area contributed by atoms with E-state index in [-0.39, 0.29) is 0 Å². The van der Waals surface area contributed by atoms with Crippen LogP contribution in [0.4, 0.5) is 10.5 Å². The van der Waals surface area contributed by atoms with Crippen LogP contribution < -0.4 is 10.1 Å². The van der Waals surface area contributed by atoms with Crippen LogP contribution in [0.2, 0.25) is 10.0 Å². The first-order chi connectivity index (χ1) is 11.1. The van der Waals surface area contributed by atoms with Crippen molar-refractivity contribution in [2.45, 2.75) is 0 Å². The maximum atomic E-state index is 12.0. The highest BCUT2D eigenvalue weighted by molar-refractivity contribution is 6.36. The number of hydrogen-bond donors (Lipinski definition) is 2. The van der Waals surface area contributed by atoms with Gasteiger partial charge in [0.25, 0.3) is 0 Å². The minimum absolute atomic E-state index is 0.324. The lowest BCUT2D eigenvalue weighted by atomic mass is 10.0. The largest absolute Gasteiger partial charge is 0.417 e. The Bertz CT molecular complexity index is 835. The Morgan fingerprint density at radius 1 is 1.13 bits per heavy atom. The predicted octanol–water partition coefficient (Wildman–Crippen LogP) is 4.99. The molecule has 0 saturated heterocycles. The first-order valence-electron chi connectivity index (χ1n) is 6.65. The fourth-order valence-electron chi connectivity index (χ4n) is 2.07. The van der Waals surface area contributed by atoms with Crippen molar-refractivity contribution in [3.8, 4) is 16.9 Å². The number of para-hydroxylation sites is 1. The van der Waals surface area contributed by atoms with Gasteiger partial charge < -0.3 is 4.74 Å². The van der Waals surface area contributed by atoms with Crippen LogP contribution in [0.3, 0.4) is 0 Å². The lowest BCUT2D eigenvalue weighted by Gasteiger charge is -2.12. The molecule has 5 nitrogen and oxygen atoms in total. The average Bonchev–Trinajstić information content (AvgIpc) is 3.01. The summed E-state index contributed by atoms with van der Waals surface area (Å²) in [6.07, 6.45) is 2.26. The number of halogens is 2.